The second kappa shape index (κ2) is 9.01. The summed E-state index contributed by atoms with van der Waals surface area (Å²) in [5.41, 5.74) is 1.73. The van der Waals surface area contributed by atoms with Crippen molar-refractivity contribution in [3.8, 4) is 0 Å². The lowest BCUT2D eigenvalue weighted by atomic mass is 9.79. The first kappa shape index (κ1) is 22.8. The zero-order valence-corrected chi connectivity index (χ0v) is 19.5. The molecule has 1 saturated carbocycles. The van der Waals surface area contributed by atoms with Gasteiger partial charge in [0.2, 0.25) is 0 Å². The van der Waals surface area contributed by atoms with Crippen LogP contribution >= 0.6 is 0 Å². The van der Waals surface area contributed by atoms with Crippen molar-refractivity contribution in [2.24, 2.45) is 16.9 Å². The van der Waals surface area contributed by atoms with Gasteiger partial charge >= 0.3 is 17.8 Å². The van der Waals surface area contributed by atoms with Crippen LogP contribution in [-0.2, 0) is 14.4 Å². The van der Waals surface area contributed by atoms with E-state index in [9.17, 15) is 19.2 Å². The average Bonchev–Trinajstić information content (AvgIpc) is 3.62. The van der Waals surface area contributed by atoms with E-state index in [0.717, 1.165) is 35.4 Å². The number of rotatable bonds is 6. The number of hydrazone groups is 1. The van der Waals surface area contributed by atoms with Crippen LogP contribution in [0, 0.1) is 11.8 Å². The van der Waals surface area contributed by atoms with Gasteiger partial charge < -0.3 is 8.83 Å². The Bertz CT molecular complexity index is 1210. The van der Waals surface area contributed by atoms with Crippen molar-refractivity contribution < 1.29 is 28.0 Å². The van der Waals surface area contributed by atoms with Crippen molar-refractivity contribution in [3.63, 3.8) is 0 Å². The summed E-state index contributed by atoms with van der Waals surface area (Å²) in [5.74, 6) is -1.33. The van der Waals surface area contributed by atoms with E-state index in [-0.39, 0.29) is 18.4 Å². The van der Waals surface area contributed by atoms with E-state index < -0.39 is 36.3 Å². The highest BCUT2D eigenvalue weighted by atomic mass is 16.3. The van der Waals surface area contributed by atoms with Gasteiger partial charge in [-0.1, -0.05) is 13.8 Å². The van der Waals surface area contributed by atoms with Crippen molar-refractivity contribution in [2.75, 3.05) is 13.1 Å². The molecule has 10 nitrogen and oxygen atoms in total. The van der Waals surface area contributed by atoms with Crippen molar-refractivity contribution in [3.05, 3.63) is 53.9 Å². The van der Waals surface area contributed by atoms with Crippen LogP contribution in [0.2, 0.25) is 0 Å². The third kappa shape index (κ3) is 4.09. The summed E-state index contributed by atoms with van der Waals surface area (Å²) < 4.78 is 11.1. The number of nitrogens with zero attached hydrogens (tertiary/aromatic N) is 4. The monoisotopic (exact) mass is 478 g/mol. The number of fused-ring (bicyclic) bond motifs is 1. The van der Waals surface area contributed by atoms with E-state index in [1.807, 2.05) is 26.0 Å². The predicted molar refractivity (Wildman–Crippen MR) is 123 cm³/mol. The van der Waals surface area contributed by atoms with Gasteiger partial charge in [-0.2, -0.15) is 5.10 Å². The fourth-order valence-electron chi connectivity index (χ4n) is 4.91. The van der Waals surface area contributed by atoms with E-state index in [0.29, 0.717) is 16.4 Å². The molecule has 2 fully saturated rings. The molecule has 0 radical (unpaired) electrons. The van der Waals surface area contributed by atoms with E-state index in [1.54, 1.807) is 24.5 Å². The topological polar surface area (TPSA) is 117 Å². The highest BCUT2D eigenvalue weighted by Crippen LogP contribution is 2.44. The molecule has 0 N–H and O–H groups in total. The summed E-state index contributed by atoms with van der Waals surface area (Å²) in [7, 11) is 0. The maximum absolute atomic E-state index is 13.5. The smallest absolute Gasteiger partial charge is 0.334 e. The second-order valence-corrected chi connectivity index (χ2v) is 9.35. The molecule has 2 atom stereocenters. The molecule has 3 aliphatic rings. The van der Waals surface area contributed by atoms with Crippen LogP contribution in [-0.4, -0.2) is 57.4 Å². The molecule has 10 heteroatoms. The molecule has 0 spiro atoms. The number of carbonyl (C=O) groups is 4. The zero-order valence-electron chi connectivity index (χ0n) is 19.5. The first-order valence-corrected chi connectivity index (χ1v) is 11.7. The Morgan fingerprint density at radius 2 is 1.86 bits per heavy atom. The molecule has 2 aromatic heterocycles. The molecular formula is C25H26N4O6. The maximum atomic E-state index is 13.5. The van der Waals surface area contributed by atoms with E-state index in [2.05, 4.69) is 5.10 Å². The lowest BCUT2D eigenvalue weighted by Crippen LogP contribution is -2.43. The number of hydrogen-bond donors (Lipinski definition) is 0. The van der Waals surface area contributed by atoms with E-state index in [4.69, 9.17) is 8.83 Å². The quantitative estimate of drug-likeness (QED) is 0.464. The molecule has 2 aromatic rings. The molecule has 0 bridgehead atoms. The van der Waals surface area contributed by atoms with Gasteiger partial charge in [-0.15, -0.1) is 0 Å². The van der Waals surface area contributed by atoms with Gasteiger partial charge in [0.15, 0.2) is 0 Å². The lowest BCUT2D eigenvalue weighted by Gasteiger charge is -2.28. The van der Waals surface area contributed by atoms with Gasteiger partial charge in [0.25, 0.3) is 5.91 Å². The van der Waals surface area contributed by atoms with Crippen LogP contribution in [0.25, 0.3) is 6.08 Å². The number of urea groups is 1. The number of hydrogen-bond acceptors (Lipinski definition) is 7. The Kier molecular flexibility index (Phi) is 5.88. The molecule has 1 aliphatic carbocycles. The summed E-state index contributed by atoms with van der Waals surface area (Å²) >= 11 is 0. The fraction of sp³-hybridized carbons (Fsp3) is 0.400. The standard InChI is InChI=1S/C25H26N4O6/c1-15(2)13-27-23(31)24(32)28(25(27)33)14-20(30)29-22(19-9-5-11-35-19)18-8-3-6-16(21(18)26-29)12-17-7-4-10-34-17/h4-5,7,9-12,15,18,22H,3,6,8,13-14H2,1-2H3. The molecule has 182 valence electrons. The van der Waals surface area contributed by atoms with E-state index >= 15 is 0 Å². The molecule has 5 amide bonds. The molecule has 0 aromatic carbocycles. The molecule has 2 aliphatic heterocycles. The van der Waals surface area contributed by atoms with Gasteiger partial charge in [-0.3, -0.25) is 19.3 Å². The number of carbonyl (C=O) groups excluding carboxylic acids is 4. The average molecular weight is 479 g/mol. The Balaban J connectivity index is 1.44. The first-order chi connectivity index (χ1) is 16.8. The summed E-state index contributed by atoms with van der Waals surface area (Å²) in [5, 5.41) is 5.97. The fourth-order valence-corrected chi connectivity index (χ4v) is 4.91. The summed E-state index contributed by atoms with van der Waals surface area (Å²) in [4.78, 5) is 52.7. The Morgan fingerprint density at radius 3 is 2.54 bits per heavy atom. The van der Waals surface area contributed by atoms with Crippen molar-refractivity contribution in [1.82, 2.24) is 14.8 Å². The number of imide groups is 2. The minimum absolute atomic E-state index is 0.0119. The van der Waals surface area contributed by atoms with Crippen LogP contribution < -0.4 is 0 Å². The lowest BCUT2D eigenvalue weighted by molar-refractivity contribution is -0.145. The molecular weight excluding hydrogens is 452 g/mol. The number of furan rings is 2. The van der Waals surface area contributed by atoms with Crippen molar-refractivity contribution in [2.45, 2.75) is 39.2 Å². The summed E-state index contributed by atoms with van der Waals surface area (Å²) in [6.45, 7) is 3.21. The van der Waals surface area contributed by atoms with Crippen LogP contribution in [0.5, 0.6) is 0 Å². The molecule has 1 saturated heterocycles. The molecule has 4 heterocycles. The molecule has 5 rings (SSSR count). The SMILES string of the molecule is CC(C)CN1C(=O)C(=O)N(CC(=O)N2N=C3C(=Cc4ccco4)CCCC3C2c2ccco2)C1=O. The second-order valence-electron chi connectivity index (χ2n) is 9.35. The number of allylic oxidation sites excluding steroid dienone is 1. The maximum Gasteiger partial charge on any atom is 0.334 e. The first-order valence-electron chi connectivity index (χ1n) is 11.7. The third-order valence-corrected chi connectivity index (χ3v) is 6.43. The Morgan fingerprint density at radius 1 is 1.11 bits per heavy atom. The van der Waals surface area contributed by atoms with Gasteiger partial charge in [-0.05, 0) is 61.1 Å². The predicted octanol–water partition coefficient (Wildman–Crippen LogP) is 3.44. The minimum Gasteiger partial charge on any atom is -0.467 e. The minimum atomic E-state index is -0.999. The normalized spacial score (nSPS) is 23.6. The highest BCUT2D eigenvalue weighted by molar-refractivity contribution is 6.45. The van der Waals surface area contributed by atoms with Crippen LogP contribution in [0.1, 0.15) is 50.7 Å². The highest BCUT2D eigenvalue weighted by Gasteiger charge is 2.49. The number of amides is 5. The third-order valence-electron chi connectivity index (χ3n) is 6.43. The van der Waals surface area contributed by atoms with E-state index in [1.165, 1.54) is 11.3 Å². The Hall–Kier alpha value is -3.95. The molecule has 35 heavy (non-hydrogen) atoms. The van der Waals surface area contributed by atoms with Crippen LogP contribution in [0.3, 0.4) is 0 Å². The van der Waals surface area contributed by atoms with Gasteiger partial charge in [-0.25, -0.2) is 14.7 Å². The van der Waals surface area contributed by atoms with Crippen molar-refractivity contribution >= 4 is 35.5 Å². The summed E-state index contributed by atoms with van der Waals surface area (Å²) in [6.07, 6.45) is 7.54. The van der Waals surface area contributed by atoms with Gasteiger partial charge in [0.05, 0.1) is 18.2 Å². The molecule has 2 unspecified atom stereocenters. The van der Waals surface area contributed by atoms with Crippen LogP contribution in [0.15, 0.2) is 56.3 Å². The van der Waals surface area contributed by atoms with Gasteiger partial charge in [0, 0.05) is 12.5 Å². The van der Waals surface area contributed by atoms with Crippen molar-refractivity contribution in [1.29, 1.82) is 0 Å². The zero-order chi connectivity index (χ0) is 24.7. The van der Waals surface area contributed by atoms with Crippen LogP contribution in [0.4, 0.5) is 4.79 Å². The Labute approximate surface area is 201 Å². The largest absolute Gasteiger partial charge is 0.467 e. The van der Waals surface area contributed by atoms with Gasteiger partial charge in [0.1, 0.15) is 24.1 Å². The summed E-state index contributed by atoms with van der Waals surface area (Å²) in [6, 6.07) is 5.90.